The number of piperidine rings is 1. The molecule has 0 aliphatic carbocycles. The van der Waals surface area contributed by atoms with Gasteiger partial charge < -0.3 is 9.88 Å². The van der Waals surface area contributed by atoms with Gasteiger partial charge in [-0.15, -0.1) is 0 Å². The normalized spacial score (nSPS) is 26.4. The van der Waals surface area contributed by atoms with E-state index < -0.39 is 0 Å². The zero-order valence-corrected chi connectivity index (χ0v) is 12.2. The van der Waals surface area contributed by atoms with Crippen LogP contribution in [0.25, 0.3) is 0 Å². The van der Waals surface area contributed by atoms with E-state index in [1.54, 1.807) is 6.33 Å². The Balaban J connectivity index is 1.68. The smallest absolute Gasteiger partial charge is 0.240 e. The van der Waals surface area contributed by atoms with E-state index in [-0.39, 0.29) is 11.9 Å². The molecule has 1 aromatic rings. The molecule has 3 rings (SSSR count). The SMILES string of the molecule is CCCC1CCCCN1C(=O)C1Cc2nc[nH]c2CN1. The lowest BCUT2D eigenvalue weighted by atomic mass is 9.95. The summed E-state index contributed by atoms with van der Waals surface area (Å²) in [6.45, 7) is 3.85. The second-order valence-corrected chi connectivity index (χ2v) is 5.94. The Morgan fingerprint density at radius 1 is 1.50 bits per heavy atom. The highest BCUT2D eigenvalue weighted by atomic mass is 16.2. The van der Waals surface area contributed by atoms with Gasteiger partial charge in [-0.25, -0.2) is 4.98 Å². The second-order valence-electron chi connectivity index (χ2n) is 5.94. The van der Waals surface area contributed by atoms with E-state index in [4.69, 9.17) is 0 Å². The van der Waals surface area contributed by atoms with Crippen LogP contribution in [-0.4, -0.2) is 39.4 Å². The molecule has 5 nitrogen and oxygen atoms in total. The van der Waals surface area contributed by atoms with Crippen molar-refractivity contribution in [1.29, 1.82) is 0 Å². The third-order valence-electron chi connectivity index (χ3n) is 4.56. The first-order chi connectivity index (χ1) is 9.79. The molecule has 1 amide bonds. The van der Waals surface area contributed by atoms with Crippen molar-refractivity contribution in [3.63, 3.8) is 0 Å². The highest BCUT2D eigenvalue weighted by Crippen LogP contribution is 2.23. The number of hydrogen-bond acceptors (Lipinski definition) is 3. The van der Waals surface area contributed by atoms with E-state index in [0.717, 1.165) is 43.7 Å². The predicted octanol–water partition coefficient (Wildman–Crippen LogP) is 1.61. The Bertz CT molecular complexity index is 468. The summed E-state index contributed by atoms with van der Waals surface area (Å²) in [6.07, 6.45) is 8.29. The molecule has 20 heavy (non-hydrogen) atoms. The number of imidazole rings is 1. The number of carbonyl (C=O) groups excluding carboxylic acids is 1. The third kappa shape index (κ3) is 2.59. The van der Waals surface area contributed by atoms with Crippen molar-refractivity contribution in [2.24, 2.45) is 0 Å². The Hall–Kier alpha value is -1.36. The van der Waals surface area contributed by atoms with Crippen LogP contribution in [0.1, 0.15) is 50.4 Å². The largest absolute Gasteiger partial charge is 0.347 e. The summed E-state index contributed by atoms with van der Waals surface area (Å²) in [5.74, 6) is 0.275. The number of rotatable bonds is 3. The fourth-order valence-electron chi connectivity index (χ4n) is 3.47. The van der Waals surface area contributed by atoms with Crippen molar-refractivity contribution in [1.82, 2.24) is 20.2 Å². The summed E-state index contributed by atoms with van der Waals surface area (Å²) in [5.41, 5.74) is 2.17. The summed E-state index contributed by atoms with van der Waals surface area (Å²) >= 11 is 0. The van der Waals surface area contributed by atoms with Gasteiger partial charge in [0, 0.05) is 25.6 Å². The highest BCUT2D eigenvalue weighted by Gasteiger charge is 2.33. The summed E-state index contributed by atoms with van der Waals surface area (Å²) < 4.78 is 0. The fourth-order valence-corrected chi connectivity index (χ4v) is 3.47. The lowest BCUT2D eigenvalue weighted by Crippen LogP contribution is -2.54. The van der Waals surface area contributed by atoms with Gasteiger partial charge in [0.15, 0.2) is 0 Å². The lowest BCUT2D eigenvalue weighted by Gasteiger charge is -2.38. The molecule has 110 valence electrons. The molecule has 0 aromatic carbocycles. The van der Waals surface area contributed by atoms with Gasteiger partial charge in [0.1, 0.15) is 0 Å². The average molecular weight is 276 g/mol. The van der Waals surface area contributed by atoms with Gasteiger partial charge in [-0.05, 0) is 25.7 Å². The van der Waals surface area contributed by atoms with Crippen molar-refractivity contribution >= 4 is 5.91 Å². The van der Waals surface area contributed by atoms with E-state index in [2.05, 4.69) is 27.1 Å². The molecule has 1 aromatic heterocycles. The van der Waals surface area contributed by atoms with E-state index in [1.807, 2.05) is 0 Å². The summed E-state index contributed by atoms with van der Waals surface area (Å²) in [6, 6.07) is 0.354. The molecule has 5 heteroatoms. The van der Waals surface area contributed by atoms with E-state index >= 15 is 0 Å². The molecule has 0 spiro atoms. The molecule has 0 bridgehead atoms. The minimum absolute atomic E-state index is 0.0942. The highest BCUT2D eigenvalue weighted by molar-refractivity contribution is 5.83. The van der Waals surface area contributed by atoms with E-state index in [1.165, 1.54) is 12.8 Å². The second kappa shape index (κ2) is 5.95. The predicted molar refractivity (Wildman–Crippen MR) is 77.2 cm³/mol. The number of H-pyrrole nitrogens is 1. The molecule has 2 aliphatic heterocycles. The van der Waals surface area contributed by atoms with E-state index in [9.17, 15) is 4.79 Å². The zero-order valence-electron chi connectivity index (χ0n) is 12.2. The Kier molecular flexibility index (Phi) is 4.05. The van der Waals surface area contributed by atoms with Gasteiger partial charge in [-0.1, -0.05) is 13.3 Å². The maximum atomic E-state index is 12.8. The van der Waals surface area contributed by atoms with Gasteiger partial charge in [0.05, 0.1) is 23.8 Å². The summed E-state index contributed by atoms with van der Waals surface area (Å²) in [4.78, 5) is 22.4. The standard InChI is InChI=1S/C15H24N4O/c1-2-5-11-6-3-4-7-19(11)15(20)13-8-12-14(9-16-13)18-10-17-12/h10-11,13,16H,2-9H2,1H3,(H,17,18). The van der Waals surface area contributed by atoms with Crippen LogP contribution in [0.3, 0.4) is 0 Å². The number of aromatic amines is 1. The Morgan fingerprint density at radius 3 is 3.25 bits per heavy atom. The average Bonchev–Trinajstić information content (AvgIpc) is 2.95. The van der Waals surface area contributed by atoms with Crippen LogP contribution in [0.5, 0.6) is 0 Å². The van der Waals surface area contributed by atoms with Gasteiger partial charge >= 0.3 is 0 Å². The van der Waals surface area contributed by atoms with Crippen molar-refractivity contribution in [3.8, 4) is 0 Å². The number of nitrogens with one attached hydrogen (secondary N) is 2. The number of hydrogen-bond donors (Lipinski definition) is 2. The summed E-state index contributed by atoms with van der Waals surface area (Å²) in [5, 5.41) is 3.36. The molecule has 2 unspecified atom stereocenters. The molecule has 2 aliphatic rings. The van der Waals surface area contributed by atoms with Crippen LogP contribution >= 0.6 is 0 Å². The fraction of sp³-hybridized carbons (Fsp3) is 0.733. The quantitative estimate of drug-likeness (QED) is 0.881. The van der Waals surface area contributed by atoms with Crippen LogP contribution in [0.4, 0.5) is 0 Å². The molecular formula is C15H24N4O. The Morgan fingerprint density at radius 2 is 2.40 bits per heavy atom. The molecule has 0 radical (unpaired) electrons. The maximum absolute atomic E-state index is 12.8. The number of carbonyl (C=O) groups is 1. The molecule has 1 fully saturated rings. The minimum atomic E-state index is -0.0942. The molecule has 1 saturated heterocycles. The van der Waals surface area contributed by atoms with E-state index in [0.29, 0.717) is 12.5 Å². The number of aromatic nitrogens is 2. The van der Waals surface area contributed by atoms with Crippen molar-refractivity contribution < 1.29 is 4.79 Å². The van der Waals surface area contributed by atoms with Crippen LogP contribution in [-0.2, 0) is 17.8 Å². The van der Waals surface area contributed by atoms with Crippen molar-refractivity contribution in [2.45, 2.75) is 64.1 Å². The van der Waals surface area contributed by atoms with Gasteiger partial charge in [0.25, 0.3) is 0 Å². The molecule has 3 heterocycles. The Labute approximate surface area is 120 Å². The van der Waals surface area contributed by atoms with Gasteiger partial charge in [-0.2, -0.15) is 0 Å². The topological polar surface area (TPSA) is 61.0 Å². The number of likely N-dealkylation sites (tertiary alicyclic amines) is 1. The zero-order chi connectivity index (χ0) is 13.9. The maximum Gasteiger partial charge on any atom is 0.240 e. The molecular weight excluding hydrogens is 252 g/mol. The van der Waals surface area contributed by atoms with Crippen LogP contribution in [0, 0.1) is 0 Å². The minimum Gasteiger partial charge on any atom is -0.347 e. The van der Waals surface area contributed by atoms with Crippen LogP contribution < -0.4 is 5.32 Å². The molecule has 0 saturated carbocycles. The van der Waals surface area contributed by atoms with Crippen LogP contribution in [0.15, 0.2) is 6.33 Å². The number of fused-ring (bicyclic) bond motifs is 1. The van der Waals surface area contributed by atoms with Crippen molar-refractivity contribution in [2.75, 3.05) is 6.54 Å². The first kappa shape index (κ1) is 13.6. The third-order valence-corrected chi connectivity index (χ3v) is 4.56. The molecule has 2 atom stereocenters. The molecule has 2 N–H and O–H groups in total. The first-order valence-corrected chi connectivity index (χ1v) is 7.84. The first-order valence-electron chi connectivity index (χ1n) is 7.84. The van der Waals surface area contributed by atoms with Crippen molar-refractivity contribution in [3.05, 3.63) is 17.7 Å². The monoisotopic (exact) mass is 276 g/mol. The summed E-state index contributed by atoms with van der Waals surface area (Å²) in [7, 11) is 0. The number of nitrogens with zero attached hydrogens (tertiary/aromatic N) is 2. The van der Waals surface area contributed by atoms with Gasteiger partial charge in [0.2, 0.25) is 5.91 Å². The number of amides is 1. The lowest BCUT2D eigenvalue weighted by molar-refractivity contribution is -0.137. The van der Waals surface area contributed by atoms with Gasteiger partial charge in [-0.3, -0.25) is 10.1 Å². The van der Waals surface area contributed by atoms with Crippen LogP contribution in [0.2, 0.25) is 0 Å².